The van der Waals surface area contributed by atoms with Gasteiger partial charge in [0, 0.05) is 44.1 Å². The van der Waals surface area contributed by atoms with Gasteiger partial charge in [-0.1, -0.05) is 13.8 Å². The molecule has 4 aliphatic carbocycles. The molecule has 7 aliphatic rings. The highest BCUT2D eigenvalue weighted by Gasteiger charge is 3.06. The molecule has 0 aromatic carbocycles. The first-order valence-corrected chi connectivity index (χ1v) is 16.3. The van der Waals surface area contributed by atoms with Gasteiger partial charge in [-0.25, -0.2) is 0 Å². The fourth-order valence-corrected chi connectivity index (χ4v) is 12.4. The second-order valence-corrected chi connectivity index (χ2v) is 15.4. The molecule has 16 nitrogen and oxygen atoms in total. The summed E-state index contributed by atoms with van der Waals surface area (Å²) >= 11 is 0. The Morgan fingerprint density at radius 3 is 2.35 bits per heavy atom. The summed E-state index contributed by atoms with van der Waals surface area (Å²) in [4.78, 5) is 52.6. The van der Waals surface area contributed by atoms with Gasteiger partial charge in [-0.3, -0.25) is 19.2 Å². The Labute approximate surface area is 279 Å². The van der Waals surface area contributed by atoms with Crippen molar-refractivity contribution in [2.45, 2.75) is 113 Å². The molecule has 0 unspecified atom stereocenters. The fraction of sp³-hybridized carbons (Fsp3) is 0.758. The van der Waals surface area contributed by atoms with Gasteiger partial charge in [0.25, 0.3) is 5.97 Å². The largest absolute Gasteiger partial charge is 0.472 e. The van der Waals surface area contributed by atoms with Crippen molar-refractivity contribution in [3.8, 4) is 0 Å². The molecule has 7 fully saturated rings. The molecule has 49 heavy (non-hydrogen) atoms. The van der Waals surface area contributed by atoms with Crippen molar-refractivity contribution < 1.29 is 77.2 Å². The first kappa shape index (κ1) is 33.0. The highest BCUT2D eigenvalue weighted by atomic mass is 16.9. The monoisotopic (exact) mass is 692 g/mol. The summed E-state index contributed by atoms with van der Waals surface area (Å²) in [6.07, 6.45) is -7.32. The average molecular weight is 693 g/mol. The van der Waals surface area contributed by atoms with Gasteiger partial charge in [-0.15, -0.1) is 0 Å². The van der Waals surface area contributed by atoms with E-state index in [-0.39, 0.29) is 6.42 Å². The van der Waals surface area contributed by atoms with Crippen LogP contribution < -0.4 is 0 Å². The van der Waals surface area contributed by atoms with Crippen LogP contribution in [-0.2, 0) is 52.3 Å². The standard InChI is InChI=1S/C33H40O16/c1-14(34)44-13-29-17(9-19(36)42-6)26(3)12-30(29)31(41,24(26)39)25(40)32-18-10-20(37)46-22(16-7-8-43-11-16)27(18,4)23(45-15(2)35)21(38)33(29,32)49-28(5,47-30)48-32/h7-8,11,17-18,21-25,38-41H,9-10,12-13H2,1-6H3/t17-,18+,21+,22-,23-,24-,25+,26+,27+,28+,29+,30+,31-,32+,33-/m0/s1. The molecule has 8 rings (SSSR count). The predicted molar refractivity (Wildman–Crippen MR) is 154 cm³/mol. The molecule has 1 aromatic rings. The third-order valence-electron chi connectivity index (χ3n) is 13.6. The van der Waals surface area contributed by atoms with Crippen LogP contribution in [0.2, 0.25) is 0 Å². The highest BCUT2D eigenvalue weighted by molar-refractivity contribution is 5.74. The van der Waals surface area contributed by atoms with Crippen LogP contribution >= 0.6 is 0 Å². The SMILES string of the molecule is COC(=O)C[C@H]1[C@@]2(C)C[C@@]34O[C@]5(C)O[C@]6([C@@H]7CC(=O)O[C@@H](c8ccoc8)[C@]7(C)[C@@H](OC(C)=O)[C@@H](O)[C@]6(O5)[C@]13COC(C)=O)[C@H](O)[C@@]4(O)[C@H]2O. The van der Waals surface area contributed by atoms with Crippen LogP contribution in [0.15, 0.2) is 23.0 Å². The number of esters is 4. The molecule has 3 saturated heterocycles. The Morgan fingerprint density at radius 2 is 1.73 bits per heavy atom. The number of hydrogen-bond donors (Lipinski definition) is 4. The molecule has 4 saturated carbocycles. The summed E-state index contributed by atoms with van der Waals surface area (Å²) in [6.45, 7) is 6.16. The van der Waals surface area contributed by atoms with E-state index in [4.69, 9.17) is 37.6 Å². The van der Waals surface area contributed by atoms with E-state index in [2.05, 4.69) is 0 Å². The maximum atomic E-state index is 13.7. The Balaban J connectivity index is 1.51. The zero-order chi connectivity index (χ0) is 35.5. The minimum absolute atomic E-state index is 0.218. The van der Waals surface area contributed by atoms with Crippen LogP contribution in [0.5, 0.6) is 0 Å². The molecular weight excluding hydrogens is 652 g/mol. The van der Waals surface area contributed by atoms with E-state index < -0.39 is 130 Å². The molecule has 4 N–H and O–H groups in total. The Morgan fingerprint density at radius 1 is 1.02 bits per heavy atom. The van der Waals surface area contributed by atoms with Crippen molar-refractivity contribution in [2.24, 2.45) is 28.1 Å². The number of aliphatic hydroxyl groups excluding tert-OH is 3. The normalized spacial score (nSPS) is 54.2. The molecule has 0 amide bonds. The van der Waals surface area contributed by atoms with Crippen molar-refractivity contribution in [3.05, 3.63) is 24.2 Å². The molecule has 268 valence electrons. The molecule has 4 bridgehead atoms. The number of rotatable bonds is 6. The first-order chi connectivity index (χ1) is 22.8. The molecule has 15 atom stereocenters. The number of cyclic esters (lactones) is 1. The van der Waals surface area contributed by atoms with E-state index in [1.54, 1.807) is 13.8 Å². The van der Waals surface area contributed by atoms with Crippen LogP contribution in [0.3, 0.4) is 0 Å². The van der Waals surface area contributed by atoms with E-state index in [0.29, 0.717) is 5.56 Å². The summed E-state index contributed by atoms with van der Waals surface area (Å²) in [6, 6.07) is 1.53. The van der Waals surface area contributed by atoms with Gasteiger partial charge in [0.1, 0.15) is 53.4 Å². The molecular formula is C33H40O16. The third-order valence-corrected chi connectivity index (χ3v) is 13.6. The number of hydrogen-bond acceptors (Lipinski definition) is 16. The van der Waals surface area contributed by atoms with Crippen molar-refractivity contribution >= 4 is 23.9 Å². The summed E-state index contributed by atoms with van der Waals surface area (Å²) in [5.74, 6) is -7.76. The number of fused-ring (bicyclic) bond motifs is 3. The summed E-state index contributed by atoms with van der Waals surface area (Å²) in [5, 5.41) is 51.3. The van der Waals surface area contributed by atoms with E-state index in [1.807, 2.05) is 0 Å². The number of carbonyl (C=O) groups excluding carboxylic acids is 4. The van der Waals surface area contributed by atoms with Crippen LogP contribution in [0, 0.1) is 28.1 Å². The van der Waals surface area contributed by atoms with Crippen molar-refractivity contribution in [3.63, 3.8) is 0 Å². The summed E-state index contributed by atoms with van der Waals surface area (Å²) in [5.41, 5.74) is -14.3. The van der Waals surface area contributed by atoms with Gasteiger partial charge in [0.05, 0.1) is 43.0 Å². The van der Waals surface area contributed by atoms with Gasteiger partial charge in [0.2, 0.25) is 0 Å². The van der Waals surface area contributed by atoms with Crippen molar-refractivity contribution in [1.29, 1.82) is 0 Å². The van der Waals surface area contributed by atoms with E-state index in [0.717, 1.165) is 13.8 Å². The van der Waals surface area contributed by atoms with E-state index in [1.165, 1.54) is 32.6 Å². The molecule has 1 aromatic heterocycles. The molecule has 3 aliphatic heterocycles. The Hall–Kier alpha value is -3.12. The zero-order valence-corrected chi connectivity index (χ0v) is 27.8. The summed E-state index contributed by atoms with van der Waals surface area (Å²) in [7, 11) is 1.17. The number of aliphatic hydroxyl groups is 4. The van der Waals surface area contributed by atoms with Crippen LogP contribution in [0.25, 0.3) is 0 Å². The lowest BCUT2D eigenvalue weighted by Gasteiger charge is -2.78. The van der Waals surface area contributed by atoms with Crippen molar-refractivity contribution in [1.82, 2.24) is 0 Å². The Bertz CT molecular complexity index is 1660. The molecule has 16 heteroatoms. The van der Waals surface area contributed by atoms with Gasteiger partial charge in [-0.2, -0.15) is 0 Å². The van der Waals surface area contributed by atoms with Gasteiger partial charge >= 0.3 is 23.9 Å². The smallest absolute Gasteiger partial charge is 0.306 e. The highest BCUT2D eigenvalue weighted by Crippen LogP contribution is 2.89. The number of methoxy groups -OCH3 is 1. The maximum Gasteiger partial charge on any atom is 0.306 e. The lowest BCUT2D eigenvalue weighted by atomic mass is 9.32. The summed E-state index contributed by atoms with van der Waals surface area (Å²) < 4.78 is 48.3. The van der Waals surface area contributed by atoms with E-state index >= 15 is 0 Å². The topological polar surface area (TPSA) is 227 Å². The van der Waals surface area contributed by atoms with Crippen LogP contribution in [-0.4, -0.2) is 111 Å². The molecule has 0 radical (unpaired) electrons. The molecule has 4 heterocycles. The zero-order valence-electron chi connectivity index (χ0n) is 27.8. The second-order valence-electron chi connectivity index (χ2n) is 15.4. The maximum absolute atomic E-state index is 13.7. The Kier molecular flexibility index (Phi) is 6.34. The van der Waals surface area contributed by atoms with Gasteiger partial charge in [-0.05, 0) is 18.4 Å². The van der Waals surface area contributed by atoms with Crippen molar-refractivity contribution in [2.75, 3.05) is 13.7 Å². The first-order valence-electron chi connectivity index (χ1n) is 16.3. The lowest BCUT2D eigenvalue weighted by Crippen LogP contribution is -2.98. The number of carbonyl (C=O) groups is 4. The number of furan rings is 1. The third kappa shape index (κ3) is 3.15. The minimum atomic E-state index is -2.62. The fourth-order valence-electron chi connectivity index (χ4n) is 12.4. The van der Waals surface area contributed by atoms with E-state index in [9.17, 15) is 39.6 Å². The van der Waals surface area contributed by atoms with Gasteiger partial charge < -0.3 is 58.0 Å². The average Bonchev–Trinajstić information content (AvgIpc) is 3.73. The van der Waals surface area contributed by atoms with Crippen LogP contribution in [0.4, 0.5) is 0 Å². The number of ether oxygens (including phenoxy) is 7. The second kappa shape index (κ2) is 9.40. The quantitative estimate of drug-likeness (QED) is 0.223. The predicted octanol–water partition coefficient (Wildman–Crippen LogP) is -0.218. The molecule has 2 spiro atoms. The minimum Gasteiger partial charge on any atom is -0.472 e. The van der Waals surface area contributed by atoms with Crippen LogP contribution in [0.1, 0.15) is 65.5 Å². The lowest BCUT2D eigenvalue weighted by molar-refractivity contribution is -0.498. The van der Waals surface area contributed by atoms with Gasteiger partial charge in [0.15, 0.2) is 0 Å².